The molecule has 5 atom stereocenters. The van der Waals surface area contributed by atoms with Crippen LogP contribution in [-0.4, -0.2) is 118 Å². The van der Waals surface area contributed by atoms with E-state index in [9.17, 15) is 28.8 Å². The lowest BCUT2D eigenvalue weighted by molar-refractivity contribution is -0.305. The van der Waals surface area contributed by atoms with Crippen LogP contribution in [0.3, 0.4) is 0 Å². The predicted octanol–water partition coefficient (Wildman–Crippen LogP) is -0.876. The van der Waals surface area contributed by atoms with Gasteiger partial charge in [-0.15, -0.1) is 0 Å². The summed E-state index contributed by atoms with van der Waals surface area (Å²) in [5.41, 5.74) is 0. The normalized spacial score (nSPS) is 22.7. The van der Waals surface area contributed by atoms with Crippen molar-refractivity contribution < 1.29 is 66.7 Å². The highest BCUT2D eigenvalue weighted by molar-refractivity contribution is 5.74. The van der Waals surface area contributed by atoms with Crippen LogP contribution in [0.25, 0.3) is 0 Å². The summed E-state index contributed by atoms with van der Waals surface area (Å²) in [4.78, 5) is 71.7. The molecule has 1 aliphatic rings. The molecule has 1 saturated heterocycles. The fraction of sp³-hybridized carbons (Fsp3) is 0.739. The zero-order valence-electron chi connectivity index (χ0n) is 22.3. The number of esters is 6. The van der Waals surface area contributed by atoms with Crippen LogP contribution in [0.15, 0.2) is 0 Å². The van der Waals surface area contributed by atoms with E-state index in [2.05, 4.69) is 9.47 Å². The SMILES string of the molecule is COC(=O)CN(CCCO[C@H]1C(OC(C)=O)O[C@H](COC(C)=O)[C@@H](OC(C)=O)[C@@H]1OC(C)=O)CC(=O)OC. The number of ether oxygens (including phenoxy) is 8. The molecule has 0 aliphatic carbocycles. The molecule has 0 saturated carbocycles. The molecule has 1 aliphatic heterocycles. The summed E-state index contributed by atoms with van der Waals surface area (Å²) in [6.07, 6.45) is -6.18. The fourth-order valence-electron chi connectivity index (χ4n) is 3.52. The molecule has 1 unspecified atom stereocenters. The van der Waals surface area contributed by atoms with Crippen LogP contribution in [0.2, 0.25) is 0 Å². The minimum Gasteiger partial charge on any atom is -0.468 e. The molecule has 38 heavy (non-hydrogen) atoms. The maximum absolute atomic E-state index is 11.9. The van der Waals surface area contributed by atoms with Gasteiger partial charge in [0.25, 0.3) is 0 Å². The number of carbonyl (C=O) groups excluding carboxylic acids is 6. The Morgan fingerprint density at radius 2 is 1.24 bits per heavy atom. The van der Waals surface area contributed by atoms with Gasteiger partial charge in [0.1, 0.15) is 12.7 Å². The highest BCUT2D eigenvalue weighted by Gasteiger charge is 2.52. The predicted molar refractivity (Wildman–Crippen MR) is 123 cm³/mol. The second-order valence-corrected chi connectivity index (χ2v) is 8.15. The smallest absolute Gasteiger partial charge is 0.319 e. The number of carbonyl (C=O) groups is 6. The van der Waals surface area contributed by atoms with Crippen LogP contribution >= 0.6 is 0 Å². The molecule has 0 spiro atoms. The van der Waals surface area contributed by atoms with Gasteiger partial charge in [-0.2, -0.15) is 0 Å². The molecule has 0 N–H and O–H groups in total. The summed E-state index contributed by atoms with van der Waals surface area (Å²) >= 11 is 0. The largest absolute Gasteiger partial charge is 0.468 e. The minimum atomic E-state index is -1.43. The summed E-state index contributed by atoms with van der Waals surface area (Å²) in [6.45, 7) is 3.90. The van der Waals surface area contributed by atoms with Gasteiger partial charge in [-0.1, -0.05) is 0 Å². The third-order valence-electron chi connectivity index (χ3n) is 5.02. The van der Waals surface area contributed by atoms with E-state index >= 15 is 0 Å². The number of nitrogens with zero attached hydrogens (tertiary/aromatic N) is 1. The molecule has 0 amide bonds. The van der Waals surface area contributed by atoms with E-state index in [0.717, 1.165) is 27.7 Å². The summed E-state index contributed by atoms with van der Waals surface area (Å²) in [5.74, 6) is -4.02. The van der Waals surface area contributed by atoms with Gasteiger partial charge < -0.3 is 37.9 Å². The van der Waals surface area contributed by atoms with Crippen molar-refractivity contribution in [1.29, 1.82) is 0 Å². The summed E-state index contributed by atoms with van der Waals surface area (Å²) in [5, 5.41) is 0. The molecule has 15 nitrogen and oxygen atoms in total. The number of rotatable bonds is 14. The molecule has 0 aromatic rings. The summed E-state index contributed by atoms with van der Waals surface area (Å²) < 4.78 is 41.8. The minimum absolute atomic E-state index is 0.0518. The van der Waals surface area contributed by atoms with Crippen molar-refractivity contribution >= 4 is 35.8 Å². The van der Waals surface area contributed by atoms with E-state index in [0.29, 0.717) is 0 Å². The zero-order valence-corrected chi connectivity index (χ0v) is 22.3. The Hall–Kier alpha value is -3.30. The first-order valence-electron chi connectivity index (χ1n) is 11.7. The number of hydrogen-bond acceptors (Lipinski definition) is 15. The Kier molecular flexibility index (Phi) is 14.2. The Bertz CT molecular complexity index is 828. The number of methoxy groups -OCH3 is 2. The number of hydrogen-bond donors (Lipinski definition) is 0. The lowest BCUT2D eigenvalue weighted by Crippen LogP contribution is -2.63. The van der Waals surface area contributed by atoms with E-state index in [1.165, 1.54) is 19.1 Å². The van der Waals surface area contributed by atoms with Crippen LogP contribution in [0, 0.1) is 0 Å². The molecule has 1 rings (SSSR count). The Balaban J connectivity index is 3.11. The summed E-state index contributed by atoms with van der Waals surface area (Å²) in [6, 6.07) is 0. The molecule has 0 aromatic heterocycles. The van der Waals surface area contributed by atoms with Crippen molar-refractivity contribution in [3.05, 3.63) is 0 Å². The van der Waals surface area contributed by atoms with Crippen molar-refractivity contribution in [2.45, 2.75) is 64.8 Å². The van der Waals surface area contributed by atoms with Gasteiger partial charge in [0, 0.05) is 40.8 Å². The van der Waals surface area contributed by atoms with E-state index in [1.54, 1.807) is 0 Å². The molecule has 1 fully saturated rings. The van der Waals surface area contributed by atoms with Crippen molar-refractivity contribution in [1.82, 2.24) is 4.90 Å². The molecule has 0 radical (unpaired) electrons. The highest BCUT2D eigenvalue weighted by atomic mass is 16.7. The van der Waals surface area contributed by atoms with E-state index in [4.69, 9.17) is 28.4 Å². The molecule has 216 valence electrons. The second-order valence-electron chi connectivity index (χ2n) is 8.15. The van der Waals surface area contributed by atoms with Gasteiger partial charge in [0.15, 0.2) is 18.3 Å². The Morgan fingerprint density at radius 3 is 1.71 bits per heavy atom. The average molecular weight is 550 g/mol. The topological polar surface area (TPSA) is 179 Å². The molecular weight excluding hydrogens is 514 g/mol. The maximum Gasteiger partial charge on any atom is 0.319 e. The monoisotopic (exact) mass is 549 g/mol. The van der Waals surface area contributed by atoms with Crippen LogP contribution in [0.5, 0.6) is 0 Å². The fourth-order valence-corrected chi connectivity index (χ4v) is 3.52. The summed E-state index contributed by atoms with van der Waals surface area (Å²) in [7, 11) is 2.42. The molecule has 1 heterocycles. The van der Waals surface area contributed by atoms with E-state index in [1.807, 2.05) is 0 Å². The first-order valence-corrected chi connectivity index (χ1v) is 11.7. The third-order valence-corrected chi connectivity index (χ3v) is 5.02. The Morgan fingerprint density at radius 1 is 0.711 bits per heavy atom. The maximum atomic E-state index is 11.9. The molecule has 15 heteroatoms. The van der Waals surface area contributed by atoms with Crippen LogP contribution in [-0.2, 0) is 66.7 Å². The molecular formula is C23H35NO14. The first-order chi connectivity index (χ1) is 17.9. The third kappa shape index (κ3) is 11.8. The van der Waals surface area contributed by atoms with E-state index < -0.39 is 73.1 Å². The standard InChI is InChI=1S/C23H35NO14/c1-13(25)34-12-17-20(35-14(2)26)21(36-15(3)27)22(23(38-17)37-16(4)28)33-9-7-8-24(10-18(29)31-5)11-19(30)32-6/h17,20-23H,7-12H2,1-6H3/t17-,20-,21+,22-,23?/m1/s1. The van der Waals surface area contributed by atoms with E-state index in [-0.39, 0.29) is 32.7 Å². The van der Waals surface area contributed by atoms with Crippen molar-refractivity contribution in [2.24, 2.45) is 0 Å². The van der Waals surface area contributed by atoms with Gasteiger partial charge in [-0.05, 0) is 6.42 Å². The van der Waals surface area contributed by atoms with Gasteiger partial charge in [0.05, 0.1) is 27.3 Å². The van der Waals surface area contributed by atoms with Gasteiger partial charge in [0.2, 0.25) is 6.29 Å². The first kappa shape index (κ1) is 32.7. The van der Waals surface area contributed by atoms with Gasteiger partial charge >= 0.3 is 35.8 Å². The molecule has 0 aromatic carbocycles. The van der Waals surface area contributed by atoms with Gasteiger partial charge in [-0.25, -0.2) is 0 Å². The average Bonchev–Trinajstić information content (AvgIpc) is 2.82. The van der Waals surface area contributed by atoms with Crippen molar-refractivity contribution in [3.8, 4) is 0 Å². The van der Waals surface area contributed by atoms with Crippen LogP contribution < -0.4 is 0 Å². The van der Waals surface area contributed by atoms with Gasteiger partial charge in [-0.3, -0.25) is 33.7 Å². The molecule has 0 bridgehead atoms. The zero-order chi connectivity index (χ0) is 28.8. The van der Waals surface area contributed by atoms with Crippen LogP contribution in [0.4, 0.5) is 0 Å². The quantitative estimate of drug-likeness (QED) is 0.148. The second kappa shape index (κ2) is 16.5. The van der Waals surface area contributed by atoms with Crippen LogP contribution in [0.1, 0.15) is 34.1 Å². The Labute approximate surface area is 219 Å². The highest BCUT2D eigenvalue weighted by Crippen LogP contribution is 2.30. The lowest BCUT2D eigenvalue weighted by Gasteiger charge is -2.44. The lowest BCUT2D eigenvalue weighted by atomic mass is 9.98. The van der Waals surface area contributed by atoms with Crippen molar-refractivity contribution in [2.75, 3.05) is 47.1 Å². The van der Waals surface area contributed by atoms with Crippen molar-refractivity contribution in [3.63, 3.8) is 0 Å².